The highest BCUT2D eigenvalue weighted by Gasteiger charge is 2.37. The average Bonchev–Trinajstić information content (AvgIpc) is 3.75. The number of para-hydroxylation sites is 2. The van der Waals surface area contributed by atoms with E-state index in [2.05, 4.69) is 166 Å². The van der Waals surface area contributed by atoms with Crippen molar-refractivity contribution in [2.24, 2.45) is 0 Å². The summed E-state index contributed by atoms with van der Waals surface area (Å²) >= 11 is 0. The van der Waals surface area contributed by atoms with Crippen molar-refractivity contribution in [3.63, 3.8) is 0 Å². The maximum atomic E-state index is 6.45. The Hall–Kier alpha value is -7.10. The third kappa shape index (κ3) is 5.05. The summed E-state index contributed by atoms with van der Waals surface area (Å²) in [5.41, 5.74) is 16.2. The lowest BCUT2D eigenvalue weighted by Crippen LogP contribution is -2.14. The van der Waals surface area contributed by atoms with Gasteiger partial charge in [-0.25, -0.2) is 9.97 Å². The Morgan fingerprint density at radius 2 is 1.04 bits per heavy atom. The molecule has 0 atom stereocenters. The Balaban J connectivity index is 1.10. The third-order valence-corrected chi connectivity index (χ3v) is 11.7. The number of hydrogen-bond donors (Lipinski definition) is 0. The Labute approximate surface area is 325 Å². The minimum absolute atomic E-state index is 0.139. The van der Waals surface area contributed by atoms with Crippen molar-refractivity contribution in [3.05, 3.63) is 193 Å². The smallest absolute Gasteiger partial charge is 0.160 e. The Morgan fingerprint density at radius 3 is 1.91 bits per heavy atom. The van der Waals surface area contributed by atoms with Crippen LogP contribution in [0.5, 0.6) is 0 Å². The van der Waals surface area contributed by atoms with Crippen molar-refractivity contribution in [1.82, 2.24) is 9.97 Å². The molecular weight excluding hydrogens is 681 g/mol. The fraction of sp³-hybridized carbons (Fsp3) is 0.0566. The predicted molar refractivity (Wildman–Crippen MR) is 232 cm³/mol. The summed E-state index contributed by atoms with van der Waals surface area (Å²) in [7, 11) is 0. The monoisotopic (exact) mass is 716 g/mol. The number of fused-ring (bicyclic) bond motifs is 7. The molecule has 2 heterocycles. The maximum Gasteiger partial charge on any atom is 0.160 e. The molecule has 0 N–H and O–H groups in total. The summed E-state index contributed by atoms with van der Waals surface area (Å²) in [6.45, 7) is 4.71. The second-order valence-electron chi connectivity index (χ2n) is 15.3. The lowest BCUT2D eigenvalue weighted by Gasteiger charge is -2.22. The lowest BCUT2D eigenvalue weighted by atomic mass is 9.81. The minimum atomic E-state index is -0.139. The molecule has 0 saturated heterocycles. The van der Waals surface area contributed by atoms with E-state index in [0.29, 0.717) is 5.82 Å². The topological polar surface area (TPSA) is 38.9 Å². The van der Waals surface area contributed by atoms with Gasteiger partial charge in [-0.15, -0.1) is 0 Å². The Kier molecular flexibility index (Phi) is 7.20. The van der Waals surface area contributed by atoms with Gasteiger partial charge in [0.05, 0.1) is 11.4 Å². The number of hydrogen-bond acceptors (Lipinski definition) is 3. The molecule has 0 bridgehead atoms. The number of rotatable bonds is 5. The first-order chi connectivity index (χ1) is 27.5. The van der Waals surface area contributed by atoms with Crippen LogP contribution in [-0.4, -0.2) is 9.97 Å². The summed E-state index contributed by atoms with van der Waals surface area (Å²) in [4.78, 5) is 10.5. The molecule has 0 amide bonds. The van der Waals surface area contributed by atoms with E-state index in [9.17, 15) is 0 Å². The standard InChI is InChI=1S/C53H36N2O/c1-53(2)45-27-14-25-42(50(45)44-30-34-17-6-7-18-35(34)31-46(44)53)39-21-8-9-22-40(39)48-32-47(54-52(55-48)33-15-4-3-5-16-33)37-20-12-19-36(29-37)38-24-13-26-43-41-23-10-11-28-49(41)56-51(38)43/h3-32H,1-2H3. The molecule has 2 aromatic heterocycles. The van der Waals surface area contributed by atoms with E-state index in [0.717, 1.165) is 66.7 Å². The fourth-order valence-electron chi connectivity index (χ4n) is 8.91. The van der Waals surface area contributed by atoms with Crippen molar-refractivity contribution < 1.29 is 4.42 Å². The van der Waals surface area contributed by atoms with Gasteiger partial charge in [-0.05, 0) is 80.0 Å². The molecular formula is C53H36N2O. The van der Waals surface area contributed by atoms with Gasteiger partial charge < -0.3 is 4.42 Å². The molecule has 264 valence electrons. The molecule has 0 radical (unpaired) electrons. The lowest BCUT2D eigenvalue weighted by molar-refractivity contribution is 0.661. The van der Waals surface area contributed by atoms with Crippen LogP contribution < -0.4 is 0 Å². The van der Waals surface area contributed by atoms with Crippen LogP contribution in [0.3, 0.4) is 0 Å². The van der Waals surface area contributed by atoms with E-state index in [-0.39, 0.29) is 5.41 Å². The quantitative estimate of drug-likeness (QED) is 0.178. The summed E-state index contributed by atoms with van der Waals surface area (Å²) in [5.74, 6) is 0.689. The predicted octanol–water partition coefficient (Wildman–Crippen LogP) is 14.2. The van der Waals surface area contributed by atoms with Crippen molar-refractivity contribution in [3.8, 4) is 67.3 Å². The number of benzene rings is 8. The van der Waals surface area contributed by atoms with Crippen LogP contribution in [-0.2, 0) is 5.41 Å². The van der Waals surface area contributed by atoms with Crippen LogP contribution in [0.2, 0.25) is 0 Å². The highest BCUT2D eigenvalue weighted by molar-refractivity contribution is 6.09. The van der Waals surface area contributed by atoms with E-state index in [4.69, 9.17) is 14.4 Å². The Bertz CT molecular complexity index is 3170. The molecule has 0 fully saturated rings. The van der Waals surface area contributed by atoms with Crippen LogP contribution in [0.4, 0.5) is 0 Å². The summed E-state index contributed by atoms with van der Waals surface area (Å²) in [5, 5.41) is 4.76. The molecule has 0 unspecified atom stereocenters. The van der Waals surface area contributed by atoms with Gasteiger partial charge in [0.2, 0.25) is 0 Å². The molecule has 3 heteroatoms. The van der Waals surface area contributed by atoms with Crippen LogP contribution in [0.1, 0.15) is 25.0 Å². The molecule has 0 spiro atoms. The molecule has 0 aliphatic heterocycles. The van der Waals surface area contributed by atoms with Gasteiger partial charge >= 0.3 is 0 Å². The number of aromatic nitrogens is 2. The van der Waals surface area contributed by atoms with Crippen LogP contribution in [0.15, 0.2) is 186 Å². The van der Waals surface area contributed by atoms with Crippen LogP contribution >= 0.6 is 0 Å². The molecule has 1 aliphatic carbocycles. The average molecular weight is 717 g/mol. The Morgan fingerprint density at radius 1 is 0.411 bits per heavy atom. The second kappa shape index (κ2) is 12.5. The van der Waals surface area contributed by atoms with Gasteiger partial charge in [0.15, 0.2) is 5.82 Å². The molecule has 3 nitrogen and oxygen atoms in total. The van der Waals surface area contributed by atoms with E-state index < -0.39 is 0 Å². The van der Waals surface area contributed by atoms with Gasteiger partial charge in [-0.1, -0.05) is 166 Å². The highest BCUT2D eigenvalue weighted by Crippen LogP contribution is 2.54. The first-order valence-electron chi connectivity index (χ1n) is 19.2. The molecule has 1 aliphatic rings. The van der Waals surface area contributed by atoms with Crippen molar-refractivity contribution >= 4 is 32.7 Å². The van der Waals surface area contributed by atoms with E-state index >= 15 is 0 Å². The van der Waals surface area contributed by atoms with Gasteiger partial charge in [0, 0.05) is 38.4 Å². The molecule has 10 aromatic rings. The first kappa shape index (κ1) is 32.3. The van der Waals surface area contributed by atoms with Gasteiger partial charge in [-0.3, -0.25) is 0 Å². The van der Waals surface area contributed by atoms with Crippen LogP contribution in [0, 0.1) is 0 Å². The zero-order valence-electron chi connectivity index (χ0n) is 31.1. The van der Waals surface area contributed by atoms with E-state index in [1.807, 2.05) is 30.3 Å². The third-order valence-electron chi connectivity index (χ3n) is 11.7. The largest absolute Gasteiger partial charge is 0.455 e. The summed E-state index contributed by atoms with van der Waals surface area (Å²) in [6, 6.07) is 64.7. The zero-order valence-corrected chi connectivity index (χ0v) is 31.1. The molecule has 56 heavy (non-hydrogen) atoms. The molecule has 11 rings (SSSR count). The maximum absolute atomic E-state index is 6.45. The zero-order chi connectivity index (χ0) is 37.4. The molecule has 0 saturated carbocycles. The first-order valence-corrected chi connectivity index (χ1v) is 19.2. The van der Waals surface area contributed by atoms with Gasteiger partial charge in [0.1, 0.15) is 11.2 Å². The molecule has 8 aromatic carbocycles. The summed E-state index contributed by atoms with van der Waals surface area (Å²) < 4.78 is 6.45. The number of nitrogens with zero attached hydrogens (tertiary/aromatic N) is 2. The summed E-state index contributed by atoms with van der Waals surface area (Å²) in [6.07, 6.45) is 0. The SMILES string of the molecule is CC1(C)c2cc3ccccc3cc2-c2c(-c3ccccc3-c3cc(-c4cccc(-c5cccc6c5oc5ccccc56)c4)nc(-c4ccccc4)n3)cccc21. The van der Waals surface area contributed by atoms with E-state index in [1.54, 1.807) is 0 Å². The van der Waals surface area contributed by atoms with Gasteiger partial charge in [-0.2, -0.15) is 0 Å². The van der Waals surface area contributed by atoms with Crippen LogP contribution in [0.25, 0.3) is 100.0 Å². The van der Waals surface area contributed by atoms with E-state index in [1.165, 1.54) is 38.6 Å². The van der Waals surface area contributed by atoms with Crippen molar-refractivity contribution in [2.75, 3.05) is 0 Å². The van der Waals surface area contributed by atoms with Crippen molar-refractivity contribution in [1.29, 1.82) is 0 Å². The van der Waals surface area contributed by atoms with Crippen molar-refractivity contribution in [2.45, 2.75) is 19.3 Å². The van der Waals surface area contributed by atoms with Gasteiger partial charge in [0.25, 0.3) is 0 Å². The normalized spacial score (nSPS) is 13.0. The minimum Gasteiger partial charge on any atom is -0.455 e. The second-order valence-corrected chi connectivity index (χ2v) is 15.3. The fourth-order valence-corrected chi connectivity index (χ4v) is 8.91. The number of furan rings is 1. The highest BCUT2D eigenvalue weighted by atomic mass is 16.3.